The van der Waals surface area contributed by atoms with Crippen LogP contribution in [0.15, 0.2) is 35.7 Å². The van der Waals surface area contributed by atoms with Gasteiger partial charge in [0.25, 0.3) is 5.91 Å². The van der Waals surface area contributed by atoms with E-state index in [0.29, 0.717) is 11.6 Å². The van der Waals surface area contributed by atoms with Gasteiger partial charge in [0.1, 0.15) is 5.69 Å². The summed E-state index contributed by atoms with van der Waals surface area (Å²) in [5.74, 6) is 0.569. The van der Waals surface area contributed by atoms with Gasteiger partial charge in [0.2, 0.25) is 0 Å². The Morgan fingerprint density at radius 1 is 1.38 bits per heavy atom. The first-order valence-electron chi connectivity index (χ1n) is 8.67. The number of hydrogen-bond acceptors (Lipinski definition) is 4. The highest BCUT2D eigenvalue weighted by Crippen LogP contribution is 2.24. The van der Waals surface area contributed by atoms with E-state index in [1.807, 2.05) is 23.4 Å². The second kappa shape index (κ2) is 7.79. The van der Waals surface area contributed by atoms with Crippen LogP contribution in [0.25, 0.3) is 0 Å². The first-order chi connectivity index (χ1) is 11.7. The molecule has 2 aromatic rings. The largest absolute Gasteiger partial charge is 0.371 e. The number of carbonyl (C=O) groups excluding carboxylic acids is 1. The SMILES string of the molecule is CCCc1nc(C(=O)N(C)C[C@H]2CCN(c3ccccc3)C2)cs1. The molecule has 5 heteroatoms. The predicted octanol–water partition coefficient (Wildman–Crippen LogP) is 3.69. The highest BCUT2D eigenvalue weighted by Gasteiger charge is 2.26. The van der Waals surface area contributed by atoms with Crippen molar-refractivity contribution in [2.24, 2.45) is 5.92 Å². The fourth-order valence-electron chi connectivity index (χ4n) is 3.26. The van der Waals surface area contributed by atoms with Gasteiger partial charge in [-0.2, -0.15) is 0 Å². The van der Waals surface area contributed by atoms with Crippen LogP contribution < -0.4 is 4.90 Å². The molecule has 0 spiro atoms. The lowest BCUT2D eigenvalue weighted by Crippen LogP contribution is -2.33. The van der Waals surface area contributed by atoms with E-state index < -0.39 is 0 Å². The summed E-state index contributed by atoms with van der Waals surface area (Å²) in [4.78, 5) is 21.3. The number of aryl methyl sites for hydroxylation is 1. The highest BCUT2D eigenvalue weighted by atomic mass is 32.1. The third-order valence-electron chi connectivity index (χ3n) is 4.52. The first-order valence-corrected chi connectivity index (χ1v) is 9.55. The fourth-order valence-corrected chi connectivity index (χ4v) is 4.13. The molecule has 1 amide bonds. The molecular weight excluding hydrogens is 318 g/mol. The molecular formula is C19H25N3OS. The molecule has 0 aliphatic carbocycles. The van der Waals surface area contributed by atoms with E-state index in [9.17, 15) is 4.79 Å². The van der Waals surface area contributed by atoms with Crippen LogP contribution >= 0.6 is 11.3 Å². The molecule has 24 heavy (non-hydrogen) atoms. The molecule has 128 valence electrons. The zero-order valence-electron chi connectivity index (χ0n) is 14.4. The molecule has 1 saturated heterocycles. The molecule has 0 N–H and O–H groups in total. The number of para-hydroxylation sites is 1. The normalized spacial score (nSPS) is 17.2. The Bertz CT molecular complexity index is 670. The van der Waals surface area contributed by atoms with Crippen LogP contribution in [0.3, 0.4) is 0 Å². The van der Waals surface area contributed by atoms with E-state index in [-0.39, 0.29) is 5.91 Å². The molecule has 4 nitrogen and oxygen atoms in total. The van der Waals surface area contributed by atoms with Crippen molar-refractivity contribution in [2.75, 3.05) is 31.6 Å². The second-order valence-electron chi connectivity index (χ2n) is 6.50. The number of rotatable bonds is 6. The minimum Gasteiger partial charge on any atom is -0.371 e. The Balaban J connectivity index is 1.55. The number of carbonyl (C=O) groups is 1. The summed E-state index contributed by atoms with van der Waals surface area (Å²) < 4.78 is 0. The van der Waals surface area contributed by atoms with Crippen molar-refractivity contribution in [3.63, 3.8) is 0 Å². The zero-order valence-corrected chi connectivity index (χ0v) is 15.3. The van der Waals surface area contributed by atoms with E-state index in [0.717, 1.165) is 43.9 Å². The number of hydrogen-bond donors (Lipinski definition) is 0. The van der Waals surface area contributed by atoms with Crippen LogP contribution in [-0.4, -0.2) is 42.5 Å². The summed E-state index contributed by atoms with van der Waals surface area (Å²) in [5.41, 5.74) is 1.88. The Kier molecular flexibility index (Phi) is 5.51. The molecule has 1 aliphatic heterocycles. The summed E-state index contributed by atoms with van der Waals surface area (Å²) >= 11 is 1.59. The Hall–Kier alpha value is -1.88. The summed E-state index contributed by atoms with van der Waals surface area (Å²) in [7, 11) is 1.90. The van der Waals surface area contributed by atoms with Crippen molar-refractivity contribution >= 4 is 22.9 Å². The maximum atomic E-state index is 12.6. The molecule has 1 aliphatic rings. The lowest BCUT2D eigenvalue weighted by Gasteiger charge is -2.22. The molecule has 0 bridgehead atoms. The minimum absolute atomic E-state index is 0.0479. The number of thiazole rings is 1. The smallest absolute Gasteiger partial charge is 0.273 e. The summed E-state index contributed by atoms with van der Waals surface area (Å²) in [5, 5.41) is 2.96. The van der Waals surface area contributed by atoms with E-state index in [1.54, 1.807) is 11.3 Å². The van der Waals surface area contributed by atoms with Gasteiger partial charge < -0.3 is 9.80 Å². The van der Waals surface area contributed by atoms with Crippen LogP contribution in [-0.2, 0) is 6.42 Å². The monoisotopic (exact) mass is 343 g/mol. The van der Waals surface area contributed by atoms with Crippen molar-refractivity contribution in [2.45, 2.75) is 26.2 Å². The maximum Gasteiger partial charge on any atom is 0.273 e. The lowest BCUT2D eigenvalue weighted by molar-refractivity contribution is 0.0771. The topological polar surface area (TPSA) is 36.4 Å². The van der Waals surface area contributed by atoms with Gasteiger partial charge in [0.15, 0.2) is 0 Å². The molecule has 0 saturated carbocycles. The van der Waals surface area contributed by atoms with Gasteiger partial charge in [-0.3, -0.25) is 4.79 Å². The Morgan fingerprint density at radius 2 is 2.17 bits per heavy atom. The fraction of sp³-hybridized carbons (Fsp3) is 0.474. The van der Waals surface area contributed by atoms with Crippen LogP contribution in [0, 0.1) is 5.92 Å². The molecule has 1 aromatic heterocycles. The Morgan fingerprint density at radius 3 is 2.92 bits per heavy atom. The van der Waals surface area contributed by atoms with Crippen molar-refractivity contribution in [1.82, 2.24) is 9.88 Å². The molecule has 1 atom stereocenters. The maximum absolute atomic E-state index is 12.6. The average molecular weight is 343 g/mol. The third kappa shape index (κ3) is 3.96. The van der Waals surface area contributed by atoms with Crippen molar-refractivity contribution in [1.29, 1.82) is 0 Å². The quantitative estimate of drug-likeness (QED) is 0.802. The lowest BCUT2D eigenvalue weighted by atomic mass is 10.1. The van der Waals surface area contributed by atoms with Crippen LogP contribution in [0.4, 0.5) is 5.69 Å². The van der Waals surface area contributed by atoms with Gasteiger partial charge in [-0.15, -0.1) is 11.3 Å². The molecule has 1 aromatic carbocycles. The standard InChI is InChI=1S/C19H25N3OS/c1-3-7-18-20-17(14-24-18)19(23)21(2)12-15-10-11-22(13-15)16-8-5-4-6-9-16/h4-6,8-9,14-15H,3,7,10-13H2,1-2H3/t15-/m1/s1. The average Bonchev–Trinajstić information content (AvgIpc) is 3.25. The van der Waals surface area contributed by atoms with Crippen molar-refractivity contribution < 1.29 is 4.79 Å². The zero-order chi connectivity index (χ0) is 16.9. The van der Waals surface area contributed by atoms with Crippen LogP contribution in [0.2, 0.25) is 0 Å². The number of aromatic nitrogens is 1. The van der Waals surface area contributed by atoms with Crippen LogP contribution in [0.1, 0.15) is 35.3 Å². The van der Waals surface area contributed by atoms with Gasteiger partial charge in [0.05, 0.1) is 5.01 Å². The summed E-state index contributed by atoms with van der Waals surface area (Å²) in [6, 6.07) is 10.5. The van der Waals surface area contributed by atoms with Gasteiger partial charge in [-0.1, -0.05) is 25.1 Å². The summed E-state index contributed by atoms with van der Waals surface area (Å²) in [6.45, 7) is 5.00. The number of amides is 1. The van der Waals surface area contributed by atoms with Crippen molar-refractivity contribution in [3.05, 3.63) is 46.4 Å². The highest BCUT2D eigenvalue weighted by molar-refractivity contribution is 7.09. The van der Waals surface area contributed by atoms with E-state index in [4.69, 9.17) is 0 Å². The van der Waals surface area contributed by atoms with E-state index >= 15 is 0 Å². The molecule has 3 rings (SSSR count). The number of nitrogens with zero attached hydrogens (tertiary/aromatic N) is 3. The molecule has 0 unspecified atom stereocenters. The number of anilines is 1. The summed E-state index contributed by atoms with van der Waals surface area (Å²) in [6.07, 6.45) is 3.15. The Labute approximate surface area is 148 Å². The van der Waals surface area contributed by atoms with Gasteiger partial charge >= 0.3 is 0 Å². The molecule has 0 radical (unpaired) electrons. The van der Waals surface area contributed by atoms with Gasteiger partial charge in [-0.05, 0) is 37.3 Å². The second-order valence-corrected chi connectivity index (χ2v) is 7.44. The van der Waals surface area contributed by atoms with Gasteiger partial charge in [0, 0.05) is 37.7 Å². The molecule has 2 heterocycles. The van der Waals surface area contributed by atoms with E-state index in [1.165, 1.54) is 5.69 Å². The first kappa shape index (κ1) is 17.0. The van der Waals surface area contributed by atoms with E-state index in [2.05, 4.69) is 41.1 Å². The minimum atomic E-state index is 0.0479. The predicted molar refractivity (Wildman–Crippen MR) is 99.8 cm³/mol. The molecule has 1 fully saturated rings. The van der Waals surface area contributed by atoms with Gasteiger partial charge in [-0.25, -0.2) is 4.98 Å². The number of benzene rings is 1. The third-order valence-corrected chi connectivity index (χ3v) is 5.43. The van der Waals surface area contributed by atoms with Crippen LogP contribution in [0.5, 0.6) is 0 Å². The van der Waals surface area contributed by atoms with Crippen molar-refractivity contribution in [3.8, 4) is 0 Å².